The van der Waals surface area contributed by atoms with Crippen LogP contribution < -0.4 is 19.5 Å². The van der Waals surface area contributed by atoms with Crippen molar-refractivity contribution in [3.8, 4) is 17.2 Å². The molecule has 0 radical (unpaired) electrons. The maximum absolute atomic E-state index is 5.86. The third kappa shape index (κ3) is 3.11. The van der Waals surface area contributed by atoms with Gasteiger partial charge in [-0.05, 0) is 24.7 Å². The molecule has 4 nitrogen and oxygen atoms in total. The standard InChI is InChI=1S/C17H19NO3/c1-18-14(13-6-3-2-4-7-13)10-11-19-15-8-5-9-16-17(15)21-12-20-16/h2-9,14,18H,10-12H2,1H3. The monoisotopic (exact) mass is 285 g/mol. The quantitative estimate of drug-likeness (QED) is 0.885. The van der Waals surface area contributed by atoms with Crippen LogP contribution in [0, 0.1) is 0 Å². The molecule has 0 saturated carbocycles. The highest BCUT2D eigenvalue weighted by Crippen LogP contribution is 2.40. The van der Waals surface area contributed by atoms with E-state index in [1.807, 2.05) is 31.3 Å². The summed E-state index contributed by atoms with van der Waals surface area (Å²) in [5.41, 5.74) is 1.27. The van der Waals surface area contributed by atoms with Gasteiger partial charge in [0.2, 0.25) is 12.5 Å². The molecule has 0 bridgehead atoms. The molecule has 0 aromatic heterocycles. The van der Waals surface area contributed by atoms with Crippen molar-refractivity contribution in [2.75, 3.05) is 20.4 Å². The van der Waals surface area contributed by atoms with Gasteiger partial charge < -0.3 is 19.5 Å². The summed E-state index contributed by atoms with van der Waals surface area (Å²) in [7, 11) is 1.97. The minimum Gasteiger partial charge on any atom is -0.489 e. The predicted molar refractivity (Wildman–Crippen MR) is 80.9 cm³/mol. The Bertz CT molecular complexity index is 586. The fourth-order valence-corrected chi connectivity index (χ4v) is 2.47. The highest BCUT2D eigenvalue weighted by molar-refractivity contribution is 5.52. The smallest absolute Gasteiger partial charge is 0.231 e. The van der Waals surface area contributed by atoms with Gasteiger partial charge in [0.15, 0.2) is 11.5 Å². The van der Waals surface area contributed by atoms with Gasteiger partial charge in [0.05, 0.1) is 6.61 Å². The average Bonchev–Trinajstić information content (AvgIpc) is 3.02. The van der Waals surface area contributed by atoms with Gasteiger partial charge in [-0.2, -0.15) is 0 Å². The second kappa shape index (κ2) is 6.50. The number of para-hydroxylation sites is 1. The fraction of sp³-hybridized carbons (Fsp3) is 0.294. The molecule has 0 spiro atoms. The molecule has 0 amide bonds. The molecule has 1 heterocycles. The van der Waals surface area contributed by atoms with Crippen LogP contribution >= 0.6 is 0 Å². The first-order chi connectivity index (χ1) is 10.4. The van der Waals surface area contributed by atoms with E-state index in [4.69, 9.17) is 14.2 Å². The van der Waals surface area contributed by atoms with Gasteiger partial charge in [-0.15, -0.1) is 0 Å². The van der Waals surface area contributed by atoms with Gasteiger partial charge in [0, 0.05) is 12.5 Å². The molecule has 21 heavy (non-hydrogen) atoms. The molecule has 2 aromatic carbocycles. The normalized spacial score (nSPS) is 14.0. The number of fused-ring (bicyclic) bond motifs is 1. The first kappa shape index (κ1) is 13.8. The molecule has 1 unspecified atom stereocenters. The molecule has 0 saturated heterocycles. The zero-order valence-electron chi connectivity index (χ0n) is 12.0. The molecule has 0 aliphatic carbocycles. The summed E-state index contributed by atoms with van der Waals surface area (Å²) in [6, 6.07) is 16.4. The number of hydrogen-bond donors (Lipinski definition) is 1. The van der Waals surface area contributed by atoms with Crippen molar-refractivity contribution < 1.29 is 14.2 Å². The van der Waals surface area contributed by atoms with Crippen LogP contribution in [0.5, 0.6) is 17.2 Å². The van der Waals surface area contributed by atoms with Crippen LogP contribution in [0.1, 0.15) is 18.0 Å². The fourth-order valence-electron chi connectivity index (χ4n) is 2.47. The van der Waals surface area contributed by atoms with Crippen LogP contribution in [0.2, 0.25) is 0 Å². The first-order valence-corrected chi connectivity index (χ1v) is 7.12. The summed E-state index contributed by atoms with van der Waals surface area (Å²) in [5, 5.41) is 3.32. The first-order valence-electron chi connectivity index (χ1n) is 7.12. The summed E-state index contributed by atoms with van der Waals surface area (Å²) < 4.78 is 16.6. The van der Waals surface area contributed by atoms with Gasteiger partial charge >= 0.3 is 0 Å². The van der Waals surface area contributed by atoms with Crippen molar-refractivity contribution in [1.29, 1.82) is 0 Å². The van der Waals surface area contributed by atoms with Gasteiger partial charge in [-0.1, -0.05) is 36.4 Å². The molecular weight excluding hydrogens is 266 g/mol. The zero-order chi connectivity index (χ0) is 14.5. The van der Waals surface area contributed by atoms with E-state index < -0.39 is 0 Å². The lowest BCUT2D eigenvalue weighted by molar-refractivity contribution is 0.169. The van der Waals surface area contributed by atoms with Crippen molar-refractivity contribution in [3.05, 3.63) is 54.1 Å². The van der Waals surface area contributed by atoms with Crippen molar-refractivity contribution in [2.24, 2.45) is 0 Å². The Hall–Kier alpha value is -2.20. The second-order valence-corrected chi connectivity index (χ2v) is 4.88. The number of nitrogens with one attached hydrogen (secondary N) is 1. The van der Waals surface area contributed by atoms with Crippen LogP contribution in [0.4, 0.5) is 0 Å². The van der Waals surface area contributed by atoms with Crippen molar-refractivity contribution in [1.82, 2.24) is 5.32 Å². The zero-order valence-corrected chi connectivity index (χ0v) is 12.0. The van der Waals surface area contributed by atoms with Gasteiger partial charge in [0.25, 0.3) is 0 Å². The van der Waals surface area contributed by atoms with E-state index in [1.54, 1.807) is 0 Å². The average molecular weight is 285 g/mol. The van der Waals surface area contributed by atoms with Crippen LogP contribution in [-0.4, -0.2) is 20.4 Å². The Balaban J connectivity index is 1.60. The summed E-state index contributed by atoms with van der Waals surface area (Å²) >= 11 is 0. The summed E-state index contributed by atoms with van der Waals surface area (Å²) in [5.74, 6) is 2.20. The Morgan fingerprint density at radius 1 is 1.10 bits per heavy atom. The van der Waals surface area contributed by atoms with Crippen molar-refractivity contribution >= 4 is 0 Å². The van der Waals surface area contributed by atoms with Gasteiger partial charge in [0.1, 0.15) is 0 Å². The molecule has 2 aromatic rings. The predicted octanol–water partition coefficient (Wildman–Crippen LogP) is 3.14. The van der Waals surface area contributed by atoms with Gasteiger partial charge in [-0.25, -0.2) is 0 Å². The third-order valence-electron chi connectivity index (χ3n) is 3.57. The van der Waals surface area contributed by atoms with E-state index >= 15 is 0 Å². The SMILES string of the molecule is CNC(CCOc1cccc2c1OCO2)c1ccccc1. The lowest BCUT2D eigenvalue weighted by Crippen LogP contribution is -2.19. The van der Waals surface area contributed by atoms with Crippen LogP contribution in [0.3, 0.4) is 0 Å². The largest absolute Gasteiger partial charge is 0.489 e. The van der Waals surface area contributed by atoms with Crippen LogP contribution in [0.25, 0.3) is 0 Å². The van der Waals surface area contributed by atoms with Crippen LogP contribution in [0.15, 0.2) is 48.5 Å². The maximum atomic E-state index is 5.86. The minimum atomic E-state index is 0.263. The topological polar surface area (TPSA) is 39.7 Å². The van der Waals surface area contributed by atoms with E-state index in [2.05, 4.69) is 29.6 Å². The van der Waals surface area contributed by atoms with E-state index in [-0.39, 0.29) is 12.8 Å². The van der Waals surface area contributed by atoms with E-state index in [0.29, 0.717) is 12.4 Å². The number of ether oxygens (including phenoxy) is 3. The van der Waals surface area contributed by atoms with Crippen molar-refractivity contribution in [3.63, 3.8) is 0 Å². The number of benzene rings is 2. The maximum Gasteiger partial charge on any atom is 0.231 e. The Kier molecular flexibility index (Phi) is 4.26. The van der Waals surface area contributed by atoms with E-state index in [9.17, 15) is 0 Å². The molecule has 110 valence electrons. The molecule has 4 heteroatoms. The van der Waals surface area contributed by atoms with E-state index in [1.165, 1.54) is 5.56 Å². The highest BCUT2D eigenvalue weighted by Gasteiger charge is 2.18. The van der Waals surface area contributed by atoms with E-state index in [0.717, 1.165) is 17.9 Å². The lowest BCUT2D eigenvalue weighted by Gasteiger charge is -2.17. The minimum absolute atomic E-state index is 0.263. The number of hydrogen-bond acceptors (Lipinski definition) is 4. The molecule has 1 atom stereocenters. The molecule has 0 fully saturated rings. The summed E-state index contributed by atoms with van der Waals surface area (Å²) in [6.45, 7) is 0.874. The number of rotatable bonds is 6. The van der Waals surface area contributed by atoms with Crippen molar-refractivity contribution in [2.45, 2.75) is 12.5 Å². The second-order valence-electron chi connectivity index (χ2n) is 4.88. The summed E-state index contributed by atoms with van der Waals surface area (Å²) in [4.78, 5) is 0. The highest BCUT2D eigenvalue weighted by atomic mass is 16.7. The molecule has 3 rings (SSSR count). The van der Waals surface area contributed by atoms with Crippen LogP contribution in [-0.2, 0) is 0 Å². The molecule has 1 N–H and O–H groups in total. The Morgan fingerprint density at radius 3 is 2.76 bits per heavy atom. The summed E-state index contributed by atoms with van der Waals surface area (Å²) in [6.07, 6.45) is 0.880. The molecular formula is C17H19NO3. The molecule has 1 aliphatic rings. The third-order valence-corrected chi connectivity index (χ3v) is 3.57. The molecule has 1 aliphatic heterocycles. The lowest BCUT2D eigenvalue weighted by atomic mass is 10.0. The Labute approximate surface area is 124 Å². The Morgan fingerprint density at radius 2 is 1.95 bits per heavy atom. The van der Waals surface area contributed by atoms with Gasteiger partial charge in [-0.3, -0.25) is 0 Å².